The second-order valence-electron chi connectivity index (χ2n) is 3.62. The Morgan fingerprint density at radius 3 is 2.60 bits per heavy atom. The molecule has 0 atom stereocenters. The van der Waals surface area contributed by atoms with Crippen LogP contribution in [0.2, 0.25) is 0 Å². The van der Waals surface area contributed by atoms with Crippen LogP contribution in [0.1, 0.15) is 24.5 Å². The number of carbonyl (C=O) groups excluding carboxylic acids is 1. The zero-order valence-electron chi connectivity index (χ0n) is 9.29. The summed E-state index contributed by atoms with van der Waals surface area (Å²) >= 11 is 0. The van der Waals surface area contributed by atoms with Crippen molar-refractivity contribution >= 4 is 11.4 Å². The van der Waals surface area contributed by atoms with E-state index in [1.807, 2.05) is 37.3 Å². The van der Waals surface area contributed by atoms with E-state index in [4.69, 9.17) is 0 Å². The molecule has 0 spiro atoms. The molecule has 0 heterocycles. The van der Waals surface area contributed by atoms with Gasteiger partial charge in [0.1, 0.15) is 5.78 Å². The normalized spacial score (nSPS) is 11.2. The summed E-state index contributed by atoms with van der Waals surface area (Å²) in [6.45, 7) is 7.33. The van der Waals surface area contributed by atoms with Gasteiger partial charge < -0.3 is 0 Å². The quantitative estimate of drug-likeness (QED) is 0.679. The number of rotatable bonds is 4. The first-order valence-electron chi connectivity index (χ1n) is 5.02. The van der Waals surface area contributed by atoms with Crippen molar-refractivity contribution in [3.8, 4) is 0 Å². The first kappa shape index (κ1) is 11.4. The lowest BCUT2D eigenvalue weighted by atomic mass is 9.96. The summed E-state index contributed by atoms with van der Waals surface area (Å²) in [5.74, 6) is 0.173. The molecule has 0 aliphatic carbocycles. The van der Waals surface area contributed by atoms with Gasteiger partial charge in [-0.15, -0.1) is 0 Å². The first-order chi connectivity index (χ1) is 7.15. The van der Waals surface area contributed by atoms with E-state index in [1.165, 1.54) is 5.56 Å². The molecule has 0 saturated heterocycles. The fourth-order valence-electron chi connectivity index (χ4n) is 1.59. The molecule has 0 radical (unpaired) electrons. The zero-order valence-corrected chi connectivity index (χ0v) is 9.29. The minimum absolute atomic E-state index is 0.173. The van der Waals surface area contributed by atoms with Gasteiger partial charge in [0.15, 0.2) is 0 Å². The lowest BCUT2D eigenvalue weighted by molar-refractivity contribution is -0.116. The second-order valence-corrected chi connectivity index (χ2v) is 3.62. The molecule has 78 valence electrons. The van der Waals surface area contributed by atoms with Gasteiger partial charge in [0, 0.05) is 6.42 Å². The molecule has 0 bridgehead atoms. The van der Waals surface area contributed by atoms with E-state index in [9.17, 15) is 4.79 Å². The summed E-state index contributed by atoms with van der Waals surface area (Å²) < 4.78 is 0. The van der Waals surface area contributed by atoms with E-state index in [1.54, 1.807) is 13.0 Å². The Hall–Kier alpha value is -1.63. The average molecular weight is 200 g/mol. The molecule has 15 heavy (non-hydrogen) atoms. The lowest BCUT2D eigenvalue weighted by Gasteiger charge is -2.08. The van der Waals surface area contributed by atoms with E-state index >= 15 is 0 Å². The van der Waals surface area contributed by atoms with Crippen LogP contribution in [0.25, 0.3) is 5.57 Å². The highest BCUT2D eigenvalue weighted by atomic mass is 16.1. The van der Waals surface area contributed by atoms with Crippen LogP contribution in [0, 0.1) is 6.92 Å². The SMILES string of the molecule is C=CC=C(CC(C)=O)c1ccccc1C. The summed E-state index contributed by atoms with van der Waals surface area (Å²) in [7, 11) is 0. The minimum atomic E-state index is 0.173. The number of ketones is 1. The van der Waals surface area contributed by atoms with E-state index in [0.29, 0.717) is 6.42 Å². The van der Waals surface area contributed by atoms with Crippen molar-refractivity contribution in [2.45, 2.75) is 20.3 Å². The van der Waals surface area contributed by atoms with E-state index in [-0.39, 0.29) is 5.78 Å². The number of carbonyl (C=O) groups is 1. The van der Waals surface area contributed by atoms with Crippen LogP contribution < -0.4 is 0 Å². The topological polar surface area (TPSA) is 17.1 Å². The van der Waals surface area contributed by atoms with Crippen LogP contribution >= 0.6 is 0 Å². The molecule has 0 fully saturated rings. The highest BCUT2D eigenvalue weighted by Crippen LogP contribution is 2.22. The van der Waals surface area contributed by atoms with Gasteiger partial charge in [-0.25, -0.2) is 0 Å². The molecule has 1 aromatic carbocycles. The Labute approximate surface area is 91.1 Å². The van der Waals surface area contributed by atoms with E-state index in [0.717, 1.165) is 11.1 Å². The number of allylic oxidation sites excluding steroid dienone is 3. The van der Waals surface area contributed by atoms with Gasteiger partial charge in [-0.2, -0.15) is 0 Å². The van der Waals surface area contributed by atoms with Gasteiger partial charge >= 0.3 is 0 Å². The molecule has 0 amide bonds. The van der Waals surface area contributed by atoms with E-state index < -0.39 is 0 Å². The largest absolute Gasteiger partial charge is 0.300 e. The number of benzene rings is 1. The van der Waals surface area contributed by atoms with Gasteiger partial charge in [-0.05, 0) is 30.5 Å². The van der Waals surface area contributed by atoms with Crippen LogP contribution in [0.15, 0.2) is 43.0 Å². The molecule has 1 nitrogen and oxygen atoms in total. The van der Waals surface area contributed by atoms with Crippen molar-refractivity contribution in [1.82, 2.24) is 0 Å². The third-order valence-corrected chi connectivity index (χ3v) is 2.25. The molecule has 1 heteroatoms. The Balaban J connectivity index is 3.10. The molecule has 0 N–H and O–H groups in total. The third kappa shape index (κ3) is 3.21. The molecular weight excluding hydrogens is 184 g/mol. The van der Waals surface area contributed by atoms with Crippen LogP contribution in [0.3, 0.4) is 0 Å². The minimum Gasteiger partial charge on any atom is -0.300 e. The number of aryl methyl sites for hydroxylation is 1. The standard InChI is InChI=1S/C14H16O/c1-4-7-13(10-12(3)15)14-9-6-5-8-11(14)2/h4-9H,1,10H2,2-3H3. The van der Waals surface area contributed by atoms with Gasteiger partial charge in [0.2, 0.25) is 0 Å². The monoisotopic (exact) mass is 200 g/mol. The van der Waals surface area contributed by atoms with Crippen molar-refractivity contribution in [3.05, 3.63) is 54.1 Å². The molecule has 0 aliphatic heterocycles. The molecular formula is C14H16O. The van der Waals surface area contributed by atoms with Crippen LogP contribution in [-0.4, -0.2) is 5.78 Å². The Kier molecular flexibility index (Phi) is 4.04. The Bertz CT molecular complexity index is 400. The maximum Gasteiger partial charge on any atom is 0.134 e. The van der Waals surface area contributed by atoms with Gasteiger partial charge in [-0.1, -0.05) is 43.0 Å². The summed E-state index contributed by atoms with van der Waals surface area (Å²) in [4.78, 5) is 11.1. The average Bonchev–Trinajstić information content (AvgIpc) is 2.17. The fourth-order valence-corrected chi connectivity index (χ4v) is 1.59. The van der Waals surface area contributed by atoms with Crippen molar-refractivity contribution in [2.24, 2.45) is 0 Å². The number of Topliss-reactive ketones (excluding diaryl/α,β-unsaturated/α-hetero) is 1. The highest BCUT2D eigenvalue weighted by molar-refractivity contribution is 5.89. The predicted molar refractivity (Wildman–Crippen MR) is 64.7 cm³/mol. The fraction of sp³-hybridized carbons (Fsp3) is 0.214. The molecule has 1 rings (SSSR count). The predicted octanol–water partition coefficient (Wildman–Crippen LogP) is 3.54. The maximum absolute atomic E-state index is 11.1. The second kappa shape index (κ2) is 5.30. The first-order valence-corrected chi connectivity index (χ1v) is 5.02. The van der Waals surface area contributed by atoms with Crippen molar-refractivity contribution in [1.29, 1.82) is 0 Å². The number of hydrogen-bond acceptors (Lipinski definition) is 1. The van der Waals surface area contributed by atoms with Crippen molar-refractivity contribution in [2.75, 3.05) is 0 Å². The van der Waals surface area contributed by atoms with E-state index in [2.05, 4.69) is 6.58 Å². The molecule has 0 aliphatic rings. The Morgan fingerprint density at radius 2 is 2.07 bits per heavy atom. The summed E-state index contributed by atoms with van der Waals surface area (Å²) in [5, 5.41) is 0. The Morgan fingerprint density at radius 1 is 1.40 bits per heavy atom. The molecule has 1 aromatic rings. The van der Waals surface area contributed by atoms with Crippen LogP contribution in [0.4, 0.5) is 0 Å². The van der Waals surface area contributed by atoms with Crippen molar-refractivity contribution < 1.29 is 4.79 Å². The zero-order chi connectivity index (χ0) is 11.3. The molecule has 0 saturated carbocycles. The van der Waals surface area contributed by atoms with Crippen LogP contribution in [-0.2, 0) is 4.79 Å². The van der Waals surface area contributed by atoms with Gasteiger partial charge in [0.05, 0.1) is 0 Å². The van der Waals surface area contributed by atoms with Crippen molar-refractivity contribution in [3.63, 3.8) is 0 Å². The highest BCUT2D eigenvalue weighted by Gasteiger charge is 2.05. The number of hydrogen-bond donors (Lipinski definition) is 0. The van der Waals surface area contributed by atoms with Crippen LogP contribution in [0.5, 0.6) is 0 Å². The maximum atomic E-state index is 11.1. The summed E-state index contributed by atoms with van der Waals surface area (Å²) in [6.07, 6.45) is 4.10. The summed E-state index contributed by atoms with van der Waals surface area (Å²) in [5.41, 5.74) is 3.36. The third-order valence-electron chi connectivity index (χ3n) is 2.25. The van der Waals surface area contributed by atoms with Gasteiger partial charge in [0.25, 0.3) is 0 Å². The molecule has 0 aromatic heterocycles. The summed E-state index contributed by atoms with van der Waals surface area (Å²) in [6, 6.07) is 8.07. The molecule has 0 unspecified atom stereocenters. The lowest BCUT2D eigenvalue weighted by Crippen LogP contribution is -1.95. The smallest absolute Gasteiger partial charge is 0.134 e. The van der Waals surface area contributed by atoms with Gasteiger partial charge in [-0.3, -0.25) is 4.79 Å².